The van der Waals surface area contributed by atoms with E-state index in [4.69, 9.17) is 24.3 Å². The molecule has 0 aromatic rings. The fourth-order valence-electron chi connectivity index (χ4n) is 2.41. The summed E-state index contributed by atoms with van der Waals surface area (Å²) in [4.78, 5) is 20.5. The maximum absolute atomic E-state index is 5.38. The first-order chi connectivity index (χ1) is 7.14. The van der Waals surface area contributed by atoms with Crippen LogP contribution >= 0.6 is 0 Å². The Morgan fingerprint density at radius 1 is 1.27 bits per heavy atom. The van der Waals surface area contributed by atoms with Gasteiger partial charge in [-0.2, -0.15) is 14.7 Å². The van der Waals surface area contributed by atoms with E-state index >= 15 is 0 Å². The van der Waals surface area contributed by atoms with Crippen molar-refractivity contribution < 1.29 is 24.3 Å². The molecule has 2 aliphatic rings. The van der Waals surface area contributed by atoms with Crippen molar-refractivity contribution in [1.29, 1.82) is 0 Å². The zero-order valence-electron chi connectivity index (χ0n) is 9.45. The van der Waals surface area contributed by atoms with Crippen molar-refractivity contribution in [3.05, 3.63) is 0 Å². The molecule has 15 heavy (non-hydrogen) atoms. The van der Waals surface area contributed by atoms with E-state index in [1.165, 1.54) is 7.11 Å². The second kappa shape index (κ2) is 3.99. The highest BCUT2D eigenvalue weighted by atomic mass is 17.3. The van der Waals surface area contributed by atoms with Crippen molar-refractivity contribution in [1.82, 2.24) is 0 Å². The SMILES string of the molecule is COO[C@]1(C)OO[C@@]2(OC)CCC[C@@H]1C2. The van der Waals surface area contributed by atoms with Crippen LogP contribution in [0.25, 0.3) is 0 Å². The molecule has 0 unspecified atom stereocenters. The molecule has 0 spiro atoms. The summed E-state index contributed by atoms with van der Waals surface area (Å²) in [6, 6.07) is 0. The Balaban J connectivity index is 2.10. The number of ether oxygens (including phenoxy) is 1. The largest absolute Gasteiger partial charge is 0.351 e. The van der Waals surface area contributed by atoms with Gasteiger partial charge in [-0.3, -0.25) is 0 Å². The molecule has 88 valence electrons. The van der Waals surface area contributed by atoms with Crippen molar-refractivity contribution in [2.75, 3.05) is 14.2 Å². The molecule has 0 amide bonds. The van der Waals surface area contributed by atoms with E-state index in [0.717, 1.165) is 25.7 Å². The molecular formula is C10H18O5. The van der Waals surface area contributed by atoms with Gasteiger partial charge in [0.1, 0.15) is 0 Å². The Labute approximate surface area is 89.4 Å². The van der Waals surface area contributed by atoms with Gasteiger partial charge in [0.15, 0.2) is 0 Å². The zero-order valence-corrected chi connectivity index (χ0v) is 9.45. The van der Waals surface area contributed by atoms with Crippen LogP contribution in [-0.2, 0) is 24.3 Å². The molecule has 0 aromatic carbocycles. The van der Waals surface area contributed by atoms with E-state index < -0.39 is 11.6 Å². The summed E-state index contributed by atoms with van der Waals surface area (Å²) in [6.07, 6.45) is 3.73. The molecule has 2 rings (SSSR count). The van der Waals surface area contributed by atoms with Crippen LogP contribution in [-0.4, -0.2) is 25.8 Å². The molecule has 3 atom stereocenters. The predicted octanol–water partition coefficient (Wildman–Crippen LogP) is 1.78. The summed E-state index contributed by atoms with van der Waals surface area (Å²) in [5.41, 5.74) is 0. The van der Waals surface area contributed by atoms with E-state index in [-0.39, 0.29) is 5.92 Å². The van der Waals surface area contributed by atoms with Gasteiger partial charge < -0.3 is 4.74 Å². The van der Waals surface area contributed by atoms with Gasteiger partial charge in [-0.25, -0.2) is 4.89 Å². The second-order valence-electron chi connectivity index (χ2n) is 4.34. The molecular weight excluding hydrogens is 200 g/mol. The van der Waals surface area contributed by atoms with Gasteiger partial charge in [-0.15, -0.1) is 0 Å². The molecule has 5 nitrogen and oxygen atoms in total. The van der Waals surface area contributed by atoms with Crippen LogP contribution in [0.1, 0.15) is 32.6 Å². The third-order valence-corrected chi connectivity index (χ3v) is 3.39. The summed E-state index contributed by atoms with van der Waals surface area (Å²) in [5.74, 6) is -1.17. The van der Waals surface area contributed by atoms with Gasteiger partial charge in [-0.1, -0.05) is 0 Å². The monoisotopic (exact) mass is 218 g/mol. The van der Waals surface area contributed by atoms with E-state index in [1.54, 1.807) is 7.11 Å². The molecule has 0 aromatic heterocycles. The van der Waals surface area contributed by atoms with Crippen molar-refractivity contribution in [3.63, 3.8) is 0 Å². The lowest BCUT2D eigenvalue weighted by molar-refractivity contribution is -0.584. The maximum Gasteiger partial charge on any atom is 0.234 e. The summed E-state index contributed by atoms with van der Waals surface area (Å²) in [5, 5.41) is 0. The smallest absolute Gasteiger partial charge is 0.234 e. The Morgan fingerprint density at radius 2 is 2.07 bits per heavy atom. The number of methoxy groups -OCH3 is 1. The molecule has 5 heteroatoms. The van der Waals surface area contributed by atoms with Gasteiger partial charge in [0.05, 0.1) is 7.11 Å². The van der Waals surface area contributed by atoms with Crippen LogP contribution in [0.5, 0.6) is 0 Å². The molecule has 1 aliphatic heterocycles. The molecule has 1 saturated heterocycles. The highest BCUT2D eigenvalue weighted by molar-refractivity contribution is 4.88. The first kappa shape index (κ1) is 11.3. The van der Waals surface area contributed by atoms with Crippen LogP contribution in [0, 0.1) is 5.92 Å². The van der Waals surface area contributed by atoms with E-state index in [0.29, 0.717) is 0 Å². The van der Waals surface area contributed by atoms with Crippen LogP contribution in [0.4, 0.5) is 0 Å². The second-order valence-corrected chi connectivity index (χ2v) is 4.34. The topological polar surface area (TPSA) is 46.2 Å². The van der Waals surface area contributed by atoms with Crippen LogP contribution in [0.3, 0.4) is 0 Å². The molecule has 1 heterocycles. The molecule has 1 aliphatic carbocycles. The standard InChI is InChI=1S/C10H18O5/c1-9(13-12-3)8-5-4-6-10(7-8,11-2)15-14-9/h8H,4-7H2,1-3H3/t8-,9-,10+/m1/s1. The number of hydrogen-bond donors (Lipinski definition) is 0. The first-order valence-electron chi connectivity index (χ1n) is 5.28. The summed E-state index contributed by atoms with van der Waals surface area (Å²) < 4.78 is 5.38. The fourth-order valence-corrected chi connectivity index (χ4v) is 2.41. The quantitative estimate of drug-likeness (QED) is 0.533. The van der Waals surface area contributed by atoms with E-state index in [9.17, 15) is 0 Å². The number of fused-ring (bicyclic) bond motifs is 2. The lowest BCUT2D eigenvalue weighted by Gasteiger charge is -2.49. The molecule has 2 fully saturated rings. The number of hydrogen-bond acceptors (Lipinski definition) is 5. The van der Waals surface area contributed by atoms with Crippen LogP contribution in [0.15, 0.2) is 0 Å². The molecule has 0 radical (unpaired) electrons. The van der Waals surface area contributed by atoms with Gasteiger partial charge >= 0.3 is 0 Å². The summed E-state index contributed by atoms with van der Waals surface area (Å²) >= 11 is 0. The molecule has 1 saturated carbocycles. The molecule has 0 N–H and O–H groups in total. The lowest BCUT2D eigenvalue weighted by atomic mass is 9.79. The van der Waals surface area contributed by atoms with E-state index in [2.05, 4.69) is 0 Å². The van der Waals surface area contributed by atoms with Gasteiger partial charge in [0.25, 0.3) is 0 Å². The lowest BCUT2D eigenvalue weighted by Crippen LogP contribution is -2.55. The average Bonchev–Trinajstić information content (AvgIpc) is 2.26. The Bertz CT molecular complexity index is 234. The van der Waals surface area contributed by atoms with Crippen LogP contribution < -0.4 is 0 Å². The average molecular weight is 218 g/mol. The molecule has 2 bridgehead atoms. The van der Waals surface area contributed by atoms with Crippen molar-refractivity contribution >= 4 is 0 Å². The third kappa shape index (κ3) is 1.90. The Hall–Kier alpha value is -0.200. The minimum atomic E-state index is -0.822. The Morgan fingerprint density at radius 3 is 2.73 bits per heavy atom. The van der Waals surface area contributed by atoms with Crippen molar-refractivity contribution in [2.24, 2.45) is 5.92 Å². The third-order valence-electron chi connectivity index (χ3n) is 3.39. The zero-order chi connectivity index (χ0) is 10.9. The minimum Gasteiger partial charge on any atom is -0.351 e. The summed E-state index contributed by atoms with van der Waals surface area (Å²) in [6.45, 7) is 1.83. The highest BCUT2D eigenvalue weighted by Gasteiger charge is 2.54. The van der Waals surface area contributed by atoms with E-state index in [1.807, 2.05) is 6.92 Å². The van der Waals surface area contributed by atoms with Gasteiger partial charge in [-0.05, 0) is 19.8 Å². The predicted molar refractivity (Wildman–Crippen MR) is 50.4 cm³/mol. The highest BCUT2D eigenvalue weighted by Crippen LogP contribution is 2.47. The van der Waals surface area contributed by atoms with Crippen LogP contribution in [0.2, 0.25) is 0 Å². The normalized spacial score (nSPS) is 45.4. The van der Waals surface area contributed by atoms with Gasteiger partial charge in [0, 0.05) is 25.9 Å². The fraction of sp³-hybridized carbons (Fsp3) is 1.00. The van der Waals surface area contributed by atoms with Crippen molar-refractivity contribution in [3.8, 4) is 0 Å². The van der Waals surface area contributed by atoms with Crippen molar-refractivity contribution in [2.45, 2.75) is 44.2 Å². The minimum absolute atomic E-state index is 0.236. The first-order valence-corrected chi connectivity index (χ1v) is 5.28. The summed E-state index contributed by atoms with van der Waals surface area (Å²) in [7, 11) is 3.11. The number of rotatable bonds is 3. The Kier molecular flexibility index (Phi) is 3.00. The van der Waals surface area contributed by atoms with Gasteiger partial charge in [0.2, 0.25) is 11.6 Å². The maximum atomic E-state index is 5.38.